The van der Waals surface area contributed by atoms with Crippen LogP contribution in [-0.4, -0.2) is 29.6 Å². The Morgan fingerprint density at radius 3 is 2.00 bits per heavy atom. The third-order valence-corrected chi connectivity index (χ3v) is 5.56. The number of nitrogens with one attached hydrogen (secondary N) is 1. The molecule has 0 bridgehead atoms. The summed E-state index contributed by atoms with van der Waals surface area (Å²) in [7, 11) is 0. The fourth-order valence-corrected chi connectivity index (χ4v) is 3.72. The minimum Gasteiger partial charge on any atom is -0.478 e. The van der Waals surface area contributed by atoms with Crippen LogP contribution in [0.15, 0.2) is 42.5 Å². The van der Waals surface area contributed by atoms with Crippen LogP contribution in [0, 0.1) is 0 Å². The number of benzene rings is 1. The van der Waals surface area contributed by atoms with Crippen molar-refractivity contribution in [2.45, 2.75) is 103 Å². The van der Waals surface area contributed by atoms with Crippen molar-refractivity contribution < 1.29 is 19.4 Å². The van der Waals surface area contributed by atoms with Crippen molar-refractivity contribution in [3.63, 3.8) is 0 Å². The molecule has 5 heteroatoms. The zero-order chi connectivity index (χ0) is 23.3. The molecule has 0 aliphatic heterocycles. The largest absolute Gasteiger partial charge is 0.478 e. The van der Waals surface area contributed by atoms with Crippen LogP contribution in [0.25, 0.3) is 0 Å². The highest BCUT2D eigenvalue weighted by Gasteiger charge is 2.11. The van der Waals surface area contributed by atoms with E-state index < -0.39 is 5.97 Å². The Morgan fingerprint density at radius 2 is 1.44 bits per heavy atom. The predicted molar refractivity (Wildman–Crippen MR) is 130 cm³/mol. The molecule has 1 atom stereocenters. The average molecular weight is 446 g/mol. The van der Waals surface area contributed by atoms with E-state index in [1.807, 2.05) is 30.3 Å². The molecular formula is C27H43NO4. The topological polar surface area (TPSA) is 75.6 Å². The lowest BCUT2D eigenvalue weighted by atomic mass is 10.0. The van der Waals surface area contributed by atoms with Crippen LogP contribution in [0.2, 0.25) is 0 Å². The molecule has 0 aromatic heterocycles. The number of carboxylic acids is 1. The van der Waals surface area contributed by atoms with Crippen molar-refractivity contribution in [2.75, 3.05) is 6.61 Å². The van der Waals surface area contributed by atoms with Gasteiger partial charge in [-0.2, -0.15) is 0 Å². The summed E-state index contributed by atoms with van der Waals surface area (Å²) in [6, 6.07) is 9.81. The van der Waals surface area contributed by atoms with E-state index in [0.717, 1.165) is 37.0 Å². The van der Waals surface area contributed by atoms with Crippen LogP contribution in [0.1, 0.15) is 96.0 Å². The van der Waals surface area contributed by atoms with E-state index in [1.54, 1.807) is 0 Å². The van der Waals surface area contributed by atoms with E-state index in [-0.39, 0.29) is 11.9 Å². The number of carbonyl (C=O) groups excluding carboxylic acids is 1. The molecule has 0 saturated heterocycles. The van der Waals surface area contributed by atoms with E-state index >= 15 is 0 Å². The molecule has 5 nitrogen and oxygen atoms in total. The molecule has 0 fully saturated rings. The molecule has 180 valence electrons. The van der Waals surface area contributed by atoms with Gasteiger partial charge in [-0.1, -0.05) is 114 Å². The first-order valence-corrected chi connectivity index (χ1v) is 12.4. The summed E-state index contributed by atoms with van der Waals surface area (Å²) < 4.78 is 5.81. The molecular weight excluding hydrogens is 402 g/mol. The minimum atomic E-state index is -1.13. The van der Waals surface area contributed by atoms with E-state index in [2.05, 4.69) is 12.2 Å². The maximum Gasteiger partial charge on any atom is 0.328 e. The third kappa shape index (κ3) is 16.5. The van der Waals surface area contributed by atoms with Crippen LogP contribution in [0.3, 0.4) is 0 Å². The van der Waals surface area contributed by atoms with Gasteiger partial charge in [0.2, 0.25) is 5.91 Å². The molecule has 1 unspecified atom stereocenters. The van der Waals surface area contributed by atoms with E-state index in [4.69, 9.17) is 9.84 Å². The number of amides is 1. The monoisotopic (exact) mass is 445 g/mol. The first-order valence-electron chi connectivity index (χ1n) is 12.4. The van der Waals surface area contributed by atoms with Crippen molar-refractivity contribution in [1.82, 2.24) is 5.32 Å². The standard InChI is InChI=1S/C27H43NO4/c1-2-3-4-5-6-7-8-9-10-11-12-16-19-25(28-26(29)20-21-27(30)31)23-32-22-24-17-14-13-15-18-24/h13-15,17-18,20-21,25H,2-12,16,19,22-23H2,1H3,(H,28,29)(H,30,31)/b21-20+. The minimum absolute atomic E-state index is 0.118. The molecule has 1 amide bonds. The summed E-state index contributed by atoms with van der Waals surface area (Å²) in [4.78, 5) is 22.6. The normalized spacial score (nSPS) is 12.2. The third-order valence-electron chi connectivity index (χ3n) is 5.56. The maximum absolute atomic E-state index is 12.0. The number of unbranched alkanes of at least 4 members (excludes halogenated alkanes) is 11. The second-order valence-electron chi connectivity index (χ2n) is 8.56. The maximum atomic E-state index is 12.0. The van der Waals surface area contributed by atoms with Crippen LogP contribution >= 0.6 is 0 Å². The summed E-state index contributed by atoms with van der Waals surface area (Å²) in [5.74, 6) is -1.52. The molecule has 0 aliphatic rings. The van der Waals surface area contributed by atoms with E-state index in [9.17, 15) is 9.59 Å². The highest BCUT2D eigenvalue weighted by molar-refractivity contribution is 5.93. The van der Waals surface area contributed by atoms with Gasteiger partial charge in [0, 0.05) is 12.2 Å². The summed E-state index contributed by atoms with van der Waals surface area (Å²) in [6.07, 6.45) is 18.3. The van der Waals surface area contributed by atoms with Gasteiger partial charge in [0.05, 0.1) is 19.3 Å². The van der Waals surface area contributed by atoms with Gasteiger partial charge in [0.25, 0.3) is 0 Å². The van der Waals surface area contributed by atoms with Gasteiger partial charge in [-0.3, -0.25) is 4.79 Å². The van der Waals surface area contributed by atoms with Gasteiger partial charge in [-0.05, 0) is 12.0 Å². The second kappa shape index (κ2) is 19.5. The molecule has 0 aliphatic carbocycles. The van der Waals surface area contributed by atoms with E-state index in [1.165, 1.54) is 64.2 Å². The molecule has 1 aromatic rings. The number of carbonyl (C=O) groups is 2. The Balaban J connectivity index is 2.21. The highest BCUT2D eigenvalue weighted by atomic mass is 16.5. The zero-order valence-electron chi connectivity index (χ0n) is 19.9. The van der Waals surface area contributed by atoms with Crippen molar-refractivity contribution in [2.24, 2.45) is 0 Å². The number of hydrogen-bond donors (Lipinski definition) is 2. The molecule has 32 heavy (non-hydrogen) atoms. The lowest BCUT2D eigenvalue weighted by Crippen LogP contribution is -2.37. The molecule has 0 saturated carbocycles. The molecule has 0 radical (unpaired) electrons. The van der Waals surface area contributed by atoms with Gasteiger partial charge >= 0.3 is 5.97 Å². The highest BCUT2D eigenvalue weighted by Crippen LogP contribution is 2.13. The summed E-state index contributed by atoms with van der Waals surface area (Å²) >= 11 is 0. The van der Waals surface area contributed by atoms with Gasteiger partial charge < -0.3 is 15.2 Å². The molecule has 2 N–H and O–H groups in total. The number of rotatable bonds is 20. The smallest absolute Gasteiger partial charge is 0.328 e. The molecule has 0 spiro atoms. The van der Waals surface area contributed by atoms with Crippen LogP contribution in [0.4, 0.5) is 0 Å². The summed E-state index contributed by atoms with van der Waals surface area (Å²) in [5.41, 5.74) is 1.09. The van der Waals surface area contributed by atoms with Crippen molar-refractivity contribution in [3.05, 3.63) is 48.0 Å². The Labute approximate surface area is 194 Å². The first-order chi connectivity index (χ1) is 15.6. The molecule has 0 heterocycles. The van der Waals surface area contributed by atoms with Crippen molar-refractivity contribution in [1.29, 1.82) is 0 Å². The predicted octanol–water partition coefficient (Wildman–Crippen LogP) is 6.42. The fourth-order valence-electron chi connectivity index (χ4n) is 3.72. The Hall–Kier alpha value is -2.14. The van der Waals surface area contributed by atoms with Crippen molar-refractivity contribution >= 4 is 11.9 Å². The Kier molecular flexibility index (Phi) is 17.0. The zero-order valence-corrected chi connectivity index (χ0v) is 19.9. The molecule has 1 aromatic carbocycles. The van der Waals surface area contributed by atoms with E-state index in [0.29, 0.717) is 13.2 Å². The Bertz CT molecular complexity index is 630. The average Bonchev–Trinajstić information content (AvgIpc) is 2.79. The lowest BCUT2D eigenvalue weighted by molar-refractivity contribution is -0.131. The van der Waals surface area contributed by atoms with Crippen LogP contribution < -0.4 is 5.32 Å². The van der Waals surface area contributed by atoms with Gasteiger partial charge in [-0.15, -0.1) is 0 Å². The molecule has 1 rings (SSSR count). The first kappa shape index (κ1) is 27.9. The Morgan fingerprint density at radius 1 is 0.875 bits per heavy atom. The van der Waals surface area contributed by atoms with Gasteiger partial charge in [-0.25, -0.2) is 4.79 Å². The van der Waals surface area contributed by atoms with Gasteiger partial charge in [0.1, 0.15) is 0 Å². The van der Waals surface area contributed by atoms with Gasteiger partial charge in [0.15, 0.2) is 0 Å². The second-order valence-corrected chi connectivity index (χ2v) is 8.56. The summed E-state index contributed by atoms with van der Waals surface area (Å²) in [5, 5.41) is 11.6. The lowest BCUT2D eigenvalue weighted by Gasteiger charge is -2.18. The SMILES string of the molecule is CCCCCCCCCCCCCCC(COCc1ccccc1)NC(=O)/C=C/C(=O)O. The van der Waals surface area contributed by atoms with Crippen LogP contribution in [0.5, 0.6) is 0 Å². The van der Waals surface area contributed by atoms with Crippen molar-refractivity contribution in [3.8, 4) is 0 Å². The number of carboxylic acid groups (broad SMARTS) is 1. The summed E-state index contributed by atoms with van der Waals surface area (Å²) in [6.45, 7) is 3.17. The number of ether oxygens (including phenoxy) is 1. The number of hydrogen-bond acceptors (Lipinski definition) is 3. The quantitative estimate of drug-likeness (QED) is 0.179. The fraction of sp³-hybridized carbons (Fsp3) is 0.630. The number of aliphatic carboxylic acids is 1. The van der Waals surface area contributed by atoms with Crippen LogP contribution in [-0.2, 0) is 20.9 Å².